The molecule has 0 saturated carbocycles. The second-order valence-electron chi connectivity index (χ2n) is 5.40. The molecule has 104 valence electrons. The van der Waals surface area contributed by atoms with Crippen molar-refractivity contribution in [3.05, 3.63) is 93.0 Å². The van der Waals surface area contributed by atoms with Crippen molar-refractivity contribution in [2.45, 2.75) is 13.3 Å². The lowest BCUT2D eigenvalue weighted by molar-refractivity contribution is 0.617. The molecule has 0 aromatic heterocycles. The number of benzene rings is 2. The van der Waals surface area contributed by atoms with Crippen LogP contribution in [0.15, 0.2) is 66.3 Å². The van der Waals surface area contributed by atoms with E-state index in [1.807, 2.05) is 48.6 Å². The van der Waals surface area contributed by atoms with E-state index < -0.39 is 0 Å². The first-order chi connectivity index (χ1) is 10.1. The van der Waals surface area contributed by atoms with Gasteiger partial charge in [0.1, 0.15) is 5.82 Å². The highest BCUT2D eigenvalue weighted by atomic mass is 19.1. The predicted octanol–water partition coefficient (Wildman–Crippen LogP) is 3.58. The molecule has 0 fully saturated rings. The molecule has 0 saturated heterocycles. The molecule has 21 heavy (non-hydrogen) atoms. The third-order valence-corrected chi connectivity index (χ3v) is 3.79. The highest BCUT2D eigenvalue weighted by Gasteiger charge is 2.02. The summed E-state index contributed by atoms with van der Waals surface area (Å²) in [5.74, 6) is -0.168. The van der Waals surface area contributed by atoms with Gasteiger partial charge in [-0.1, -0.05) is 66.8 Å². The van der Waals surface area contributed by atoms with Crippen LogP contribution in [0.25, 0.3) is 12.2 Å². The normalized spacial score (nSPS) is 16.8. The molecule has 3 rings (SSSR count). The zero-order valence-electron chi connectivity index (χ0n) is 12.1. The van der Waals surface area contributed by atoms with E-state index in [0.717, 1.165) is 27.6 Å². The largest absolute Gasteiger partial charge is 0.206 e. The molecule has 0 unspecified atom stereocenters. The van der Waals surface area contributed by atoms with Crippen LogP contribution < -0.4 is 10.4 Å². The van der Waals surface area contributed by atoms with Crippen LogP contribution >= 0.6 is 0 Å². The first-order valence-corrected chi connectivity index (χ1v) is 7.06. The molecular formula is C20H17F. The Labute approximate surface area is 123 Å². The van der Waals surface area contributed by atoms with Gasteiger partial charge in [0.15, 0.2) is 0 Å². The lowest BCUT2D eigenvalue weighted by Crippen LogP contribution is -2.11. The molecule has 0 heterocycles. The van der Waals surface area contributed by atoms with E-state index in [4.69, 9.17) is 0 Å². The van der Waals surface area contributed by atoms with E-state index in [2.05, 4.69) is 19.6 Å². The van der Waals surface area contributed by atoms with Gasteiger partial charge < -0.3 is 0 Å². The Morgan fingerprint density at radius 3 is 2.29 bits per heavy atom. The number of allylic oxidation sites excluding steroid dienone is 4. The van der Waals surface area contributed by atoms with Gasteiger partial charge in [0, 0.05) is 5.22 Å². The van der Waals surface area contributed by atoms with Gasteiger partial charge in [0.05, 0.1) is 0 Å². The summed E-state index contributed by atoms with van der Waals surface area (Å²) in [7, 11) is 0. The van der Waals surface area contributed by atoms with Crippen molar-refractivity contribution in [1.82, 2.24) is 0 Å². The maximum absolute atomic E-state index is 14.4. The van der Waals surface area contributed by atoms with Crippen LogP contribution in [0.3, 0.4) is 0 Å². The quantitative estimate of drug-likeness (QED) is 0.690. The van der Waals surface area contributed by atoms with Crippen LogP contribution in [-0.4, -0.2) is 0 Å². The lowest BCUT2D eigenvalue weighted by atomic mass is 10.0. The minimum absolute atomic E-state index is 0.168. The molecule has 0 aliphatic heterocycles. The maximum Gasteiger partial charge on any atom is 0.131 e. The molecular weight excluding hydrogens is 259 g/mol. The van der Waals surface area contributed by atoms with Crippen molar-refractivity contribution in [2.24, 2.45) is 0 Å². The molecule has 0 amide bonds. The highest BCUT2D eigenvalue weighted by molar-refractivity contribution is 5.62. The van der Waals surface area contributed by atoms with Gasteiger partial charge in [-0.15, -0.1) is 0 Å². The third kappa shape index (κ3) is 2.87. The topological polar surface area (TPSA) is 0 Å². The summed E-state index contributed by atoms with van der Waals surface area (Å²) in [5, 5.41) is 3.55. The molecule has 0 atom stereocenters. The van der Waals surface area contributed by atoms with E-state index in [0.29, 0.717) is 5.22 Å². The van der Waals surface area contributed by atoms with Crippen molar-refractivity contribution in [1.29, 1.82) is 0 Å². The summed E-state index contributed by atoms with van der Waals surface area (Å²) in [6.45, 7) is 5.92. The maximum atomic E-state index is 14.4. The monoisotopic (exact) mass is 276 g/mol. The average Bonchev–Trinajstić information content (AvgIpc) is 2.49. The van der Waals surface area contributed by atoms with Gasteiger partial charge in [-0.05, 0) is 40.6 Å². The molecule has 1 heteroatoms. The Bertz CT molecular complexity index is 923. The summed E-state index contributed by atoms with van der Waals surface area (Å²) in [4.78, 5) is 0. The molecule has 0 spiro atoms. The number of halogens is 1. The fraction of sp³-hybridized carbons (Fsp3) is 0.100. The first-order valence-electron chi connectivity index (χ1n) is 7.06. The highest BCUT2D eigenvalue weighted by Crippen LogP contribution is 2.15. The van der Waals surface area contributed by atoms with Crippen LogP contribution in [0.1, 0.15) is 13.3 Å². The molecule has 1 aliphatic carbocycles. The number of rotatable bonds is 0. The fourth-order valence-corrected chi connectivity index (χ4v) is 2.49. The summed E-state index contributed by atoms with van der Waals surface area (Å²) in [5.41, 5.74) is 2.25. The molecule has 0 radical (unpaired) electrons. The zero-order valence-corrected chi connectivity index (χ0v) is 12.1. The van der Waals surface area contributed by atoms with Gasteiger partial charge in [-0.3, -0.25) is 0 Å². The molecule has 0 nitrogen and oxygen atoms in total. The smallest absolute Gasteiger partial charge is 0.131 e. The SMILES string of the molecule is C=c1ccc(=c2cc/c(=C3\C=CC(C)=CC3)c(F)c2)cc1. The number of hydrogen-bond donors (Lipinski definition) is 0. The van der Waals surface area contributed by atoms with Gasteiger partial charge in [0.25, 0.3) is 0 Å². The Balaban J connectivity index is 2.21. The van der Waals surface area contributed by atoms with E-state index in [1.54, 1.807) is 6.07 Å². The standard InChI is InChI=1S/C20H17F/c1-14-3-7-16(8-4-14)18-11-12-19(20(21)13-18)17-9-5-15(2)6-10-17/h3-9,11-13H,1,10H2,2H3/b19-17-. The van der Waals surface area contributed by atoms with Crippen LogP contribution in [0.2, 0.25) is 0 Å². The Morgan fingerprint density at radius 2 is 1.67 bits per heavy atom. The Hall–Kier alpha value is -2.41. The molecule has 2 aromatic carbocycles. The molecule has 1 aliphatic rings. The van der Waals surface area contributed by atoms with Crippen LogP contribution in [0.4, 0.5) is 4.39 Å². The van der Waals surface area contributed by atoms with Gasteiger partial charge in [0.2, 0.25) is 0 Å². The fourth-order valence-electron chi connectivity index (χ4n) is 2.49. The predicted molar refractivity (Wildman–Crippen MR) is 86.2 cm³/mol. The summed E-state index contributed by atoms with van der Waals surface area (Å²) in [6, 6.07) is 13.3. The summed E-state index contributed by atoms with van der Waals surface area (Å²) in [6.07, 6.45) is 6.94. The molecule has 2 aromatic rings. The minimum atomic E-state index is -0.168. The minimum Gasteiger partial charge on any atom is -0.206 e. The van der Waals surface area contributed by atoms with Crippen molar-refractivity contribution >= 4 is 12.2 Å². The van der Waals surface area contributed by atoms with Crippen LogP contribution in [-0.2, 0) is 0 Å². The van der Waals surface area contributed by atoms with E-state index in [-0.39, 0.29) is 5.82 Å². The van der Waals surface area contributed by atoms with Gasteiger partial charge >= 0.3 is 0 Å². The number of hydrogen-bond acceptors (Lipinski definition) is 0. The lowest BCUT2D eigenvalue weighted by Gasteiger charge is -2.06. The first kappa shape index (κ1) is 13.6. The van der Waals surface area contributed by atoms with E-state index >= 15 is 0 Å². The average molecular weight is 276 g/mol. The second kappa shape index (κ2) is 5.53. The molecule has 0 N–H and O–H groups in total. The van der Waals surface area contributed by atoms with Crippen molar-refractivity contribution in [2.75, 3.05) is 0 Å². The van der Waals surface area contributed by atoms with Crippen molar-refractivity contribution < 1.29 is 4.39 Å². The Kier molecular flexibility index (Phi) is 3.57. The van der Waals surface area contributed by atoms with Crippen LogP contribution in [0, 0.1) is 16.3 Å². The van der Waals surface area contributed by atoms with Crippen molar-refractivity contribution in [3.63, 3.8) is 0 Å². The molecule has 0 bridgehead atoms. The zero-order chi connectivity index (χ0) is 14.8. The van der Waals surface area contributed by atoms with Crippen LogP contribution in [0.5, 0.6) is 0 Å². The van der Waals surface area contributed by atoms with Gasteiger partial charge in [-0.25, -0.2) is 4.39 Å². The van der Waals surface area contributed by atoms with Gasteiger partial charge in [-0.2, -0.15) is 0 Å². The third-order valence-electron chi connectivity index (χ3n) is 3.79. The van der Waals surface area contributed by atoms with E-state index in [1.165, 1.54) is 5.57 Å². The second-order valence-corrected chi connectivity index (χ2v) is 5.40. The Morgan fingerprint density at radius 1 is 0.952 bits per heavy atom. The summed E-state index contributed by atoms with van der Waals surface area (Å²) >= 11 is 0. The van der Waals surface area contributed by atoms with Crippen molar-refractivity contribution in [3.8, 4) is 0 Å². The van der Waals surface area contributed by atoms with E-state index in [9.17, 15) is 4.39 Å². The summed E-state index contributed by atoms with van der Waals surface area (Å²) < 4.78 is 14.4.